The predicted octanol–water partition coefficient (Wildman–Crippen LogP) is 0.696. The maximum Gasteiger partial charge on any atom is 0.408 e. The number of hydrogen-bond acceptors (Lipinski definition) is 9. The van der Waals surface area contributed by atoms with Crippen molar-refractivity contribution < 1.29 is 66.8 Å². The van der Waals surface area contributed by atoms with Crippen molar-refractivity contribution in [2.24, 2.45) is 0 Å². The second kappa shape index (κ2) is 16.6. The largest absolute Gasteiger partial charge is 1.00 e. The van der Waals surface area contributed by atoms with Gasteiger partial charge < -0.3 is 48.8 Å². The summed E-state index contributed by atoms with van der Waals surface area (Å²) in [7, 11) is 0. The number of aromatic nitrogens is 2. The van der Waals surface area contributed by atoms with Crippen molar-refractivity contribution in [2.75, 3.05) is 17.7 Å². The Bertz CT molecular complexity index is 1720. The predicted molar refractivity (Wildman–Crippen MR) is 180 cm³/mol. The van der Waals surface area contributed by atoms with E-state index in [2.05, 4.69) is 10.6 Å². The summed E-state index contributed by atoms with van der Waals surface area (Å²) in [5.41, 5.74) is 1.40. The van der Waals surface area contributed by atoms with E-state index in [4.69, 9.17) is 14.2 Å². The van der Waals surface area contributed by atoms with Gasteiger partial charge in [0.1, 0.15) is 35.9 Å². The van der Waals surface area contributed by atoms with Gasteiger partial charge in [0.05, 0.1) is 6.07 Å². The third-order valence-corrected chi connectivity index (χ3v) is 8.94. The van der Waals surface area contributed by atoms with Crippen LogP contribution >= 0.6 is 11.8 Å². The summed E-state index contributed by atoms with van der Waals surface area (Å²) in [6.45, 7) is 8.27. The molecule has 0 bridgehead atoms. The van der Waals surface area contributed by atoms with Gasteiger partial charge in [0, 0.05) is 25.2 Å². The van der Waals surface area contributed by atoms with Crippen LogP contribution in [0.3, 0.4) is 0 Å². The molecule has 2 atom stereocenters. The number of alkyl carbamates (subject to hydrolysis) is 1. The van der Waals surface area contributed by atoms with E-state index in [9.17, 15) is 24.0 Å². The lowest BCUT2D eigenvalue weighted by Gasteiger charge is -2.49. The van der Waals surface area contributed by atoms with Gasteiger partial charge in [-0.05, 0) is 31.9 Å². The lowest BCUT2D eigenvalue weighted by atomic mass is 10.0. The molecular weight excluding hydrogens is 777 g/mol. The summed E-state index contributed by atoms with van der Waals surface area (Å²) in [5, 5.41) is 4.86. The number of nitrogens with one attached hydrogen (secondary N) is 2. The normalized spacial score (nSPS) is 16.8. The van der Waals surface area contributed by atoms with Crippen LogP contribution in [-0.2, 0) is 46.5 Å². The zero-order chi connectivity index (χ0) is 35.3. The van der Waals surface area contributed by atoms with Crippen molar-refractivity contribution in [2.45, 2.75) is 70.8 Å². The Morgan fingerprint density at radius 2 is 1.60 bits per heavy atom. The van der Waals surface area contributed by atoms with Gasteiger partial charge in [0.15, 0.2) is 24.7 Å². The smallest absolute Gasteiger partial charge is 0.408 e. The molecule has 0 unspecified atom stereocenters. The number of esters is 2. The second-order valence-corrected chi connectivity index (χ2v) is 13.6. The molecule has 2 aromatic carbocycles. The van der Waals surface area contributed by atoms with Crippen molar-refractivity contribution in [3.05, 3.63) is 95.3 Å². The Morgan fingerprint density at radius 3 is 2.16 bits per heavy atom. The molecule has 1 aromatic heterocycles. The van der Waals surface area contributed by atoms with Crippen LogP contribution in [0.4, 0.5) is 10.6 Å². The highest BCUT2D eigenvalue weighted by Crippen LogP contribution is 2.42. The average molecular weight is 818 g/mol. The zero-order valence-electron chi connectivity index (χ0n) is 28.4. The van der Waals surface area contributed by atoms with Crippen LogP contribution in [0.15, 0.2) is 84.2 Å². The van der Waals surface area contributed by atoms with Gasteiger partial charge in [0.2, 0.25) is 5.91 Å². The number of nitrogens with zero attached hydrogens (tertiary/aromatic N) is 3. The number of benzene rings is 2. The molecule has 1 fully saturated rings. The molecular formula is C35H40IN5O8S. The summed E-state index contributed by atoms with van der Waals surface area (Å²) in [6.07, 6.45) is 0.230. The molecule has 1 saturated heterocycles. The molecule has 13 nitrogen and oxygen atoms in total. The van der Waals surface area contributed by atoms with E-state index in [0.29, 0.717) is 17.1 Å². The number of ether oxygens (including phenoxy) is 3. The van der Waals surface area contributed by atoms with Gasteiger partial charge in [-0.15, -0.1) is 21.1 Å². The highest BCUT2D eigenvalue weighted by Gasteiger charge is 2.55. The molecule has 2 aliphatic rings. The topological polar surface area (TPSA) is 149 Å². The van der Waals surface area contributed by atoms with Gasteiger partial charge in [-0.3, -0.25) is 19.3 Å². The van der Waals surface area contributed by atoms with Crippen LogP contribution in [0.25, 0.3) is 0 Å². The van der Waals surface area contributed by atoms with Crippen LogP contribution in [0.2, 0.25) is 0 Å². The molecule has 3 aromatic rings. The first kappa shape index (κ1) is 38.4. The first-order valence-corrected chi connectivity index (χ1v) is 16.8. The molecule has 0 radical (unpaired) electrons. The molecule has 3 heterocycles. The highest BCUT2D eigenvalue weighted by molar-refractivity contribution is 8.00. The van der Waals surface area contributed by atoms with Crippen LogP contribution in [-0.4, -0.2) is 68.8 Å². The quantitative estimate of drug-likeness (QED) is 0.0939. The SMILES string of the molecule is CC(=O)Nc1cc[n+](CC2=C(C(=O)OC(c3ccccc3)c3ccccc3)N3C(=O)[C@@H](NC(=O)OC(C)(C)C)[C@H]3SC2)n1CCOC(C)=O.[I-]. The van der Waals surface area contributed by atoms with Gasteiger partial charge in [-0.1, -0.05) is 60.7 Å². The van der Waals surface area contributed by atoms with E-state index in [-0.39, 0.29) is 55.3 Å². The summed E-state index contributed by atoms with van der Waals surface area (Å²) in [4.78, 5) is 65.5. The number of rotatable bonds is 11. The summed E-state index contributed by atoms with van der Waals surface area (Å²) < 4.78 is 20.3. The summed E-state index contributed by atoms with van der Waals surface area (Å²) in [6, 6.07) is 19.4. The molecule has 2 N–H and O–H groups in total. The number of carbonyl (C=O) groups is 5. The first-order chi connectivity index (χ1) is 23.3. The Hall–Kier alpha value is -4.38. The maximum absolute atomic E-state index is 14.4. The van der Waals surface area contributed by atoms with E-state index in [1.807, 2.05) is 60.7 Å². The Kier molecular flexibility index (Phi) is 12.7. The molecule has 3 amide bonds. The molecule has 15 heteroatoms. The number of hydrogen-bond donors (Lipinski definition) is 2. The highest BCUT2D eigenvalue weighted by atomic mass is 127. The van der Waals surface area contributed by atoms with Gasteiger partial charge in [0.25, 0.3) is 5.91 Å². The molecule has 0 spiro atoms. The third-order valence-electron chi connectivity index (χ3n) is 7.60. The van der Waals surface area contributed by atoms with Crippen molar-refractivity contribution >= 4 is 47.4 Å². The molecule has 2 aliphatic heterocycles. The van der Waals surface area contributed by atoms with Crippen molar-refractivity contribution in [1.82, 2.24) is 14.9 Å². The van der Waals surface area contributed by atoms with E-state index in [1.165, 1.54) is 30.5 Å². The minimum atomic E-state index is -0.908. The van der Waals surface area contributed by atoms with Crippen molar-refractivity contribution in [3.8, 4) is 0 Å². The number of halogens is 1. The Balaban J connectivity index is 0.00000562. The zero-order valence-corrected chi connectivity index (χ0v) is 31.4. The number of amides is 3. The maximum atomic E-state index is 14.4. The Labute approximate surface area is 311 Å². The fraction of sp³-hybridized carbons (Fsp3) is 0.371. The molecule has 50 heavy (non-hydrogen) atoms. The fourth-order valence-electron chi connectivity index (χ4n) is 5.58. The number of β-lactam (4-membered cyclic amide) rings is 1. The molecule has 266 valence electrons. The number of fused-ring (bicyclic) bond motifs is 1. The van der Waals surface area contributed by atoms with E-state index >= 15 is 0 Å². The number of carbonyl (C=O) groups excluding carboxylic acids is 5. The van der Waals surface area contributed by atoms with Crippen LogP contribution in [0.5, 0.6) is 0 Å². The Morgan fingerprint density at radius 1 is 0.980 bits per heavy atom. The fourth-order valence-corrected chi connectivity index (χ4v) is 6.92. The second-order valence-electron chi connectivity index (χ2n) is 12.5. The first-order valence-electron chi connectivity index (χ1n) is 15.8. The van der Waals surface area contributed by atoms with Gasteiger partial charge in [-0.25, -0.2) is 9.59 Å². The van der Waals surface area contributed by atoms with Gasteiger partial charge >= 0.3 is 18.0 Å². The van der Waals surface area contributed by atoms with E-state index in [1.54, 1.807) is 42.4 Å². The minimum absolute atomic E-state index is 0. The van der Waals surface area contributed by atoms with E-state index in [0.717, 1.165) is 11.1 Å². The van der Waals surface area contributed by atoms with Crippen LogP contribution in [0, 0.1) is 0 Å². The van der Waals surface area contributed by atoms with Crippen molar-refractivity contribution in [1.29, 1.82) is 0 Å². The summed E-state index contributed by atoms with van der Waals surface area (Å²) >= 11 is 1.40. The minimum Gasteiger partial charge on any atom is -1.00 e. The monoisotopic (exact) mass is 817 g/mol. The lowest BCUT2D eigenvalue weighted by molar-refractivity contribution is -0.767. The van der Waals surface area contributed by atoms with Crippen molar-refractivity contribution in [3.63, 3.8) is 0 Å². The number of anilines is 1. The lowest BCUT2D eigenvalue weighted by Crippen LogP contribution is -3.00. The standard InChI is InChI=1S/C35H39N5O8S.HI/c1-22(41)36-27-16-17-38(39(27)18-19-46-23(2)42)20-26-21-49-32-28(37-34(45)48-35(3,4)5)31(43)40(32)29(26)33(44)47-30(24-12-8-6-9-13-24)25-14-10-7-11-15-25;/h6-17,28,30,32H,18-21H2,1-5H3,(H,37,45);1H/t28-,32-;/m1./s1. The third kappa shape index (κ3) is 9.24. The van der Waals surface area contributed by atoms with Crippen LogP contribution in [0.1, 0.15) is 51.8 Å². The molecule has 5 rings (SSSR count). The summed E-state index contributed by atoms with van der Waals surface area (Å²) in [5.74, 6) is -1.13. The average Bonchev–Trinajstić information content (AvgIpc) is 3.41. The van der Waals surface area contributed by atoms with Crippen LogP contribution < -0.4 is 39.3 Å². The molecule has 0 saturated carbocycles. The van der Waals surface area contributed by atoms with E-state index < -0.39 is 47.1 Å². The molecule has 0 aliphatic carbocycles. The number of thioether (sulfide) groups is 1. The van der Waals surface area contributed by atoms with Gasteiger partial charge in [-0.2, -0.15) is 0 Å².